The molecule has 1 rings (SSSR count). The first-order chi connectivity index (χ1) is 5.91. The van der Waals surface area contributed by atoms with Gasteiger partial charge in [0.2, 0.25) is 0 Å². The fourth-order valence-electron chi connectivity index (χ4n) is 1.62. The van der Waals surface area contributed by atoms with Gasteiger partial charge >= 0.3 is 0 Å². The molecule has 0 heterocycles. The molecule has 0 radical (unpaired) electrons. The summed E-state index contributed by atoms with van der Waals surface area (Å²) in [7, 11) is -3.67. The molecule has 6 heteroatoms. The van der Waals surface area contributed by atoms with Crippen LogP contribution < -0.4 is 9.86 Å². The Bertz CT molecular complexity index is 257. The maximum Gasteiger partial charge on any atom is 0.274 e. The molecule has 1 aliphatic carbocycles. The molecule has 0 bridgehead atoms. The Kier molecular flexibility index (Phi) is 3.28. The van der Waals surface area contributed by atoms with E-state index in [9.17, 15) is 13.5 Å². The molecule has 5 nitrogen and oxygen atoms in total. The van der Waals surface area contributed by atoms with Crippen molar-refractivity contribution in [2.75, 3.05) is 6.54 Å². The number of nitrogens with two attached hydrogens (primary N) is 1. The molecule has 0 unspecified atom stereocenters. The molecule has 0 spiro atoms. The second-order valence-corrected chi connectivity index (χ2v) is 5.03. The van der Waals surface area contributed by atoms with Gasteiger partial charge in [-0.2, -0.15) is 13.1 Å². The number of aliphatic hydroxyl groups is 1. The first-order valence-corrected chi connectivity index (χ1v) is 5.96. The van der Waals surface area contributed by atoms with Crippen LogP contribution in [0.25, 0.3) is 0 Å². The fourth-order valence-corrected chi connectivity index (χ4v) is 2.09. The van der Waals surface area contributed by atoms with E-state index in [0.717, 1.165) is 19.3 Å². The molecule has 1 aliphatic rings. The van der Waals surface area contributed by atoms with E-state index >= 15 is 0 Å². The predicted molar refractivity (Wildman–Crippen MR) is 49.1 cm³/mol. The molecule has 0 aromatic heterocycles. The molecule has 1 saturated carbocycles. The zero-order valence-electron chi connectivity index (χ0n) is 7.49. The minimum absolute atomic E-state index is 0.0336. The molecule has 0 aliphatic heterocycles. The number of hydrogen-bond acceptors (Lipinski definition) is 3. The van der Waals surface area contributed by atoms with E-state index in [1.807, 2.05) is 0 Å². The van der Waals surface area contributed by atoms with Crippen LogP contribution in [-0.4, -0.2) is 25.7 Å². The quantitative estimate of drug-likeness (QED) is 0.582. The molecule has 0 aromatic rings. The lowest BCUT2D eigenvalue weighted by atomic mass is 9.85. The molecule has 0 amide bonds. The highest BCUT2D eigenvalue weighted by molar-refractivity contribution is 7.87. The van der Waals surface area contributed by atoms with E-state index in [-0.39, 0.29) is 6.54 Å². The fraction of sp³-hybridized carbons (Fsp3) is 1.00. The van der Waals surface area contributed by atoms with Crippen molar-refractivity contribution < 1.29 is 13.5 Å². The lowest BCUT2D eigenvalue weighted by Gasteiger charge is -2.31. The summed E-state index contributed by atoms with van der Waals surface area (Å²) in [5, 5.41) is 14.6. The third-order valence-electron chi connectivity index (χ3n) is 2.39. The summed E-state index contributed by atoms with van der Waals surface area (Å²) < 4.78 is 23.3. The monoisotopic (exact) mass is 208 g/mol. The zero-order chi connectivity index (χ0) is 9.95. The number of nitrogens with one attached hydrogen (secondary N) is 1. The molecular formula is C7H16N2O3S. The van der Waals surface area contributed by atoms with Gasteiger partial charge in [0.1, 0.15) is 0 Å². The maximum atomic E-state index is 10.6. The first kappa shape index (κ1) is 10.9. The highest BCUT2D eigenvalue weighted by atomic mass is 32.2. The van der Waals surface area contributed by atoms with E-state index in [1.165, 1.54) is 0 Å². The molecule has 0 aromatic carbocycles. The van der Waals surface area contributed by atoms with Crippen molar-refractivity contribution in [1.29, 1.82) is 0 Å². The van der Waals surface area contributed by atoms with Gasteiger partial charge in [-0.25, -0.2) is 5.14 Å². The summed E-state index contributed by atoms with van der Waals surface area (Å²) >= 11 is 0. The van der Waals surface area contributed by atoms with Crippen LogP contribution in [0.4, 0.5) is 0 Å². The van der Waals surface area contributed by atoms with E-state index < -0.39 is 15.8 Å². The van der Waals surface area contributed by atoms with Crippen molar-refractivity contribution in [1.82, 2.24) is 4.72 Å². The van der Waals surface area contributed by atoms with Crippen LogP contribution in [0.15, 0.2) is 0 Å². The SMILES string of the molecule is NS(=O)(=O)NCC1(O)CCCCC1. The van der Waals surface area contributed by atoms with Gasteiger partial charge < -0.3 is 5.11 Å². The lowest BCUT2D eigenvalue weighted by Crippen LogP contribution is -2.46. The van der Waals surface area contributed by atoms with Crippen molar-refractivity contribution in [3.05, 3.63) is 0 Å². The average molecular weight is 208 g/mol. The molecule has 0 saturated heterocycles. The second kappa shape index (κ2) is 3.91. The van der Waals surface area contributed by atoms with Crippen molar-refractivity contribution in [2.45, 2.75) is 37.7 Å². The maximum absolute atomic E-state index is 10.6. The third-order valence-corrected chi connectivity index (χ3v) is 2.93. The summed E-state index contributed by atoms with van der Waals surface area (Å²) in [5.74, 6) is 0. The normalized spacial score (nSPS) is 22.9. The van der Waals surface area contributed by atoms with Crippen LogP contribution >= 0.6 is 0 Å². The van der Waals surface area contributed by atoms with Crippen LogP contribution in [0.5, 0.6) is 0 Å². The largest absolute Gasteiger partial charge is 0.389 e. The summed E-state index contributed by atoms with van der Waals surface area (Å²) in [6, 6.07) is 0. The Morgan fingerprint density at radius 2 is 1.85 bits per heavy atom. The van der Waals surface area contributed by atoms with E-state index in [2.05, 4.69) is 4.72 Å². The van der Waals surface area contributed by atoms with Crippen molar-refractivity contribution in [3.63, 3.8) is 0 Å². The minimum atomic E-state index is -3.67. The standard InChI is InChI=1S/C7H16N2O3S/c8-13(11,12)9-6-7(10)4-2-1-3-5-7/h9-10H,1-6H2,(H2,8,11,12). The zero-order valence-corrected chi connectivity index (χ0v) is 8.31. The summed E-state index contributed by atoms with van der Waals surface area (Å²) in [6.07, 6.45) is 4.30. The van der Waals surface area contributed by atoms with Gasteiger partial charge in [-0.1, -0.05) is 19.3 Å². The smallest absolute Gasteiger partial charge is 0.274 e. The topological polar surface area (TPSA) is 92.4 Å². The van der Waals surface area contributed by atoms with Crippen LogP contribution in [0.3, 0.4) is 0 Å². The second-order valence-electron chi connectivity index (χ2n) is 3.65. The Hall–Kier alpha value is -0.170. The minimum Gasteiger partial charge on any atom is -0.389 e. The highest BCUT2D eigenvalue weighted by Crippen LogP contribution is 2.27. The molecule has 13 heavy (non-hydrogen) atoms. The Labute approximate surface area is 78.5 Å². The van der Waals surface area contributed by atoms with Gasteiger partial charge in [-0.15, -0.1) is 0 Å². The van der Waals surface area contributed by atoms with Crippen LogP contribution in [0.1, 0.15) is 32.1 Å². The Balaban J connectivity index is 2.42. The van der Waals surface area contributed by atoms with Crippen LogP contribution in [0, 0.1) is 0 Å². The van der Waals surface area contributed by atoms with E-state index in [4.69, 9.17) is 5.14 Å². The molecule has 4 N–H and O–H groups in total. The van der Waals surface area contributed by atoms with Crippen LogP contribution in [-0.2, 0) is 10.2 Å². The third kappa shape index (κ3) is 4.04. The number of hydrogen-bond donors (Lipinski definition) is 3. The molecule has 0 atom stereocenters. The average Bonchev–Trinajstić information content (AvgIpc) is 2.02. The van der Waals surface area contributed by atoms with Gasteiger partial charge in [0.25, 0.3) is 10.2 Å². The first-order valence-electron chi connectivity index (χ1n) is 4.41. The van der Waals surface area contributed by atoms with Crippen molar-refractivity contribution >= 4 is 10.2 Å². The number of rotatable bonds is 3. The lowest BCUT2D eigenvalue weighted by molar-refractivity contribution is 0.00945. The predicted octanol–water partition coefficient (Wildman–Crippen LogP) is -0.525. The summed E-state index contributed by atoms with van der Waals surface area (Å²) in [4.78, 5) is 0. The molecule has 78 valence electrons. The van der Waals surface area contributed by atoms with Gasteiger partial charge in [0.05, 0.1) is 5.60 Å². The van der Waals surface area contributed by atoms with Crippen LogP contribution in [0.2, 0.25) is 0 Å². The van der Waals surface area contributed by atoms with Crippen molar-refractivity contribution in [2.24, 2.45) is 5.14 Å². The highest BCUT2D eigenvalue weighted by Gasteiger charge is 2.29. The summed E-state index contributed by atoms with van der Waals surface area (Å²) in [5.41, 5.74) is -0.884. The Morgan fingerprint density at radius 3 is 2.31 bits per heavy atom. The van der Waals surface area contributed by atoms with E-state index in [0.29, 0.717) is 12.8 Å². The van der Waals surface area contributed by atoms with Gasteiger partial charge in [0.15, 0.2) is 0 Å². The van der Waals surface area contributed by atoms with Crippen molar-refractivity contribution in [3.8, 4) is 0 Å². The van der Waals surface area contributed by atoms with Gasteiger partial charge in [-0.05, 0) is 12.8 Å². The van der Waals surface area contributed by atoms with Gasteiger partial charge in [-0.3, -0.25) is 0 Å². The Morgan fingerprint density at radius 1 is 1.31 bits per heavy atom. The molecular weight excluding hydrogens is 192 g/mol. The summed E-state index contributed by atoms with van der Waals surface area (Å²) in [6.45, 7) is 0.0336. The van der Waals surface area contributed by atoms with Gasteiger partial charge in [0, 0.05) is 6.54 Å². The van der Waals surface area contributed by atoms with E-state index in [1.54, 1.807) is 0 Å². The molecule has 1 fully saturated rings.